The van der Waals surface area contributed by atoms with E-state index in [-0.39, 0.29) is 11.9 Å². The minimum absolute atomic E-state index is 0.0645. The molecule has 0 radical (unpaired) electrons. The summed E-state index contributed by atoms with van der Waals surface area (Å²) < 4.78 is 11.4. The molecule has 1 heterocycles. The molecular weight excluding hydrogens is 622 g/mol. The van der Waals surface area contributed by atoms with Crippen LogP contribution in [-0.2, 0) is 19.1 Å². The van der Waals surface area contributed by atoms with E-state index in [0.29, 0.717) is 45.1 Å². The molecule has 1 aliphatic rings. The van der Waals surface area contributed by atoms with Gasteiger partial charge in [0.15, 0.2) is 0 Å². The number of carbonyl (C=O) groups is 2. The third kappa shape index (κ3) is 30.4. The van der Waals surface area contributed by atoms with E-state index in [0.717, 1.165) is 51.9 Å². The maximum atomic E-state index is 12.5. The van der Waals surface area contributed by atoms with Crippen molar-refractivity contribution in [2.45, 2.75) is 187 Å². The quantitative estimate of drug-likeness (QED) is 0.0474. The Morgan fingerprint density at radius 2 is 0.920 bits per heavy atom. The Bertz CT molecular complexity index is 712. The molecule has 1 aliphatic heterocycles. The Balaban J connectivity index is 2.28. The topological polar surface area (TPSA) is 62.3 Å². The van der Waals surface area contributed by atoms with Crippen LogP contribution in [0.25, 0.3) is 0 Å². The minimum atomic E-state index is -0.0645. The number of ether oxygens (including phenoxy) is 2. The molecule has 0 aromatic rings. The fourth-order valence-electron chi connectivity index (χ4n) is 7.25. The second kappa shape index (κ2) is 34.9. The molecule has 1 fully saturated rings. The number of hydrogen-bond donors (Lipinski definition) is 0. The van der Waals surface area contributed by atoms with Crippen LogP contribution in [0.5, 0.6) is 0 Å². The van der Waals surface area contributed by atoms with E-state index in [1.165, 1.54) is 141 Å². The molecule has 50 heavy (non-hydrogen) atoms. The predicted octanol–water partition coefficient (Wildman–Crippen LogP) is 10.4. The van der Waals surface area contributed by atoms with Gasteiger partial charge in [0.1, 0.15) is 13.2 Å². The van der Waals surface area contributed by atoms with Crippen LogP contribution in [0.1, 0.15) is 187 Å². The lowest BCUT2D eigenvalue weighted by atomic mass is 9.96. The van der Waals surface area contributed by atoms with Gasteiger partial charge in [-0.05, 0) is 78.3 Å². The average Bonchev–Trinajstić information content (AvgIpc) is 3.10. The molecule has 0 aromatic heterocycles. The molecule has 0 N–H and O–H groups in total. The van der Waals surface area contributed by atoms with Gasteiger partial charge in [-0.25, -0.2) is 0 Å². The van der Waals surface area contributed by atoms with Crippen molar-refractivity contribution in [3.8, 4) is 0 Å². The molecule has 0 unspecified atom stereocenters. The van der Waals surface area contributed by atoms with Crippen molar-refractivity contribution in [2.24, 2.45) is 5.92 Å². The molecule has 0 saturated carbocycles. The molecule has 0 aromatic carbocycles. The molecule has 0 atom stereocenters. The Hall–Kier alpha value is -1.18. The molecule has 0 bridgehead atoms. The van der Waals surface area contributed by atoms with Gasteiger partial charge < -0.3 is 19.3 Å². The maximum absolute atomic E-state index is 12.5. The van der Waals surface area contributed by atoms with Crippen LogP contribution in [0, 0.1) is 5.92 Å². The van der Waals surface area contributed by atoms with Gasteiger partial charge in [0.2, 0.25) is 0 Å². The molecule has 1 rings (SSSR count). The first-order valence-electron chi connectivity index (χ1n) is 21.8. The molecule has 1 saturated heterocycles. The third-order valence-corrected chi connectivity index (χ3v) is 10.6. The summed E-state index contributed by atoms with van der Waals surface area (Å²) in [7, 11) is 4.29. The highest BCUT2D eigenvalue weighted by atomic mass is 16.5. The molecular formula is C43H85N3O4. The zero-order chi connectivity index (χ0) is 36.3. The zero-order valence-corrected chi connectivity index (χ0v) is 34.0. The second-order valence-electron chi connectivity index (χ2n) is 15.8. The van der Waals surface area contributed by atoms with Gasteiger partial charge in [-0.3, -0.25) is 14.5 Å². The summed E-state index contributed by atoms with van der Waals surface area (Å²) in [6.07, 6.45) is 32.9. The Kier molecular flexibility index (Phi) is 32.7. The number of likely N-dealkylation sites (tertiary alicyclic amines) is 1. The third-order valence-electron chi connectivity index (χ3n) is 10.6. The first kappa shape index (κ1) is 46.8. The van der Waals surface area contributed by atoms with Gasteiger partial charge in [-0.1, -0.05) is 142 Å². The van der Waals surface area contributed by atoms with Crippen LogP contribution < -0.4 is 0 Å². The number of rotatable bonds is 36. The summed E-state index contributed by atoms with van der Waals surface area (Å²) in [4.78, 5) is 32.2. The number of hydrogen-bond acceptors (Lipinski definition) is 7. The van der Waals surface area contributed by atoms with E-state index in [2.05, 4.69) is 42.6 Å². The van der Waals surface area contributed by atoms with Crippen molar-refractivity contribution < 1.29 is 19.1 Å². The number of esters is 2. The molecule has 296 valence electrons. The van der Waals surface area contributed by atoms with Gasteiger partial charge in [0, 0.05) is 32.5 Å². The number of unbranched alkanes of at least 4 members (excludes halogenated alkanes) is 20. The lowest BCUT2D eigenvalue weighted by Crippen LogP contribution is -2.41. The second-order valence-corrected chi connectivity index (χ2v) is 15.8. The largest absolute Gasteiger partial charge is 0.464 e. The van der Waals surface area contributed by atoms with E-state index in [1.54, 1.807) is 0 Å². The minimum Gasteiger partial charge on any atom is -0.464 e. The Morgan fingerprint density at radius 1 is 0.540 bits per heavy atom. The van der Waals surface area contributed by atoms with Crippen LogP contribution in [0.2, 0.25) is 0 Å². The van der Waals surface area contributed by atoms with Crippen molar-refractivity contribution >= 4 is 11.9 Å². The van der Waals surface area contributed by atoms with Crippen LogP contribution in [0.15, 0.2) is 0 Å². The summed E-state index contributed by atoms with van der Waals surface area (Å²) in [6, 6.07) is 0. The predicted molar refractivity (Wildman–Crippen MR) is 213 cm³/mol. The van der Waals surface area contributed by atoms with Gasteiger partial charge in [-0.2, -0.15) is 0 Å². The zero-order valence-electron chi connectivity index (χ0n) is 34.0. The van der Waals surface area contributed by atoms with Crippen molar-refractivity contribution in [2.75, 3.05) is 73.1 Å². The van der Waals surface area contributed by atoms with E-state index in [1.807, 2.05) is 0 Å². The van der Waals surface area contributed by atoms with Crippen LogP contribution in [0.4, 0.5) is 0 Å². The maximum Gasteiger partial charge on any atom is 0.305 e. The molecule has 0 aliphatic carbocycles. The number of piperidine rings is 1. The van der Waals surface area contributed by atoms with Crippen LogP contribution in [-0.4, -0.2) is 99.8 Å². The van der Waals surface area contributed by atoms with Gasteiger partial charge in [0.05, 0.1) is 0 Å². The molecule has 7 heteroatoms. The van der Waals surface area contributed by atoms with Crippen LogP contribution >= 0.6 is 0 Å². The highest BCUT2D eigenvalue weighted by Crippen LogP contribution is 2.19. The van der Waals surface area contributed by atoms with E-state index >= 15 is 0 Å². The fraction of sp³-hybridized carbons (Fsp3) is 0.953. The molecule has 0 spiro atoms. The first-order valence-corrected chi connectivity index (χ1v) is 21.8. The Labute approximate surface area is 311 Å². The van der Waals surface area contributed by atoms with Crippen molar-refractivity contribution in [3.63, 3.8) is 0 Å². The van der Waals surface area contributed by atoms with Crippen molar-refractivity contribution in [1.82, 2.24) is 14.7 Å². The normalized spacial score (nSPS) is 14.2. The first-order chi connectivity index (χ1) is 24.4. The SMILES string of the molecule is CCCCCCCCCCCCCC(=O)OCCN(CCOC(=O)CCCCCCCCCCCCC)CC1CCN(CCCN(C)C)CC1. The Morgan fingerprint density at radius 3 is 1.30 bits per heavy atom. The summed E-state index contributed by atoms with van der Waals surface area (Å²) in [5.41, 5.74) is 0. The van der Waals surface area contributed by atoms with Crippen molar-refractivity contribution in [3.05, 3.63) is 0 Å². The molecule has 7 nitrogen and oxygen atoms in total. The van der Waals surface area contributed by atoms with E-state index < -0.39 is 0 Å². The van der Waals surface area contributed by atoms with Gasteiger partial charge in [-0.15, -0.1) is 0 Å². The monoisotopic (exact) mass is 708 g/mol. The standard InChI is InChI=1S/C43H85N3O4/c1-5-7-9-11-13-15-17-19-21-23-25-28-42(47)49-38-36-46(40-41-30-34-45(35-31-41)33-27-32-44(3)4)37-39-50-43(48)29-26-24-22-20-18-16-14-12-10-8-6-2/h41H,5-40H2,1-4H3. The highest BCUT2D eigenvalue weighted by Gasteiger charge is 2.22. The lowest BCUT2D eigenvalue weighted by Gasteiger charge is -2.35. The van der Waals surface area contributed by atoms with E-state index in [9.17, 15) is 9.59 Å². The summed E-state index contributed by atoms with van der Waals surface area (Å²) in [6.45, 7) is 12.4. The average molecular weight is 708 g/mol. The van der Waals surface area contributed by atoms with Crippen molar-refractivity contribution in [1.29, 1.82) is 0 Å². The summed E-state index contributed by atoms with van der Waals surface area (Å²) in [5.74, 6) is 0.509. The van der Waals surface area contributed by atoms with E-state index in [4.69, 9.17) is 9.47 Å². The van der Waals surface area contributed by atoms with Gasteiger partial charge >= 0.3 is 11.9 Å². The smallest absolute Gasteiger partial charge is 0.305 e. The lowest BCUT2D eigenvalue weighted by molar-refractivity contribution is -0.144. The molecule has 0 amide bonds. The van der Waals surface area contributed by atoms with Gasteiger partial charge in [0.25, 0.3) is 0 Å². The summed E-state index contributed by atoms with van der Waals surface area (Å²) >= 11 is 0. The van der Waals surface area contributed by atoms with Crippen LogP contribution in [0.3, 0.4) is 0 Å². The fourth-order valence-corrected chi connectivity index (χ4v) is 7.25. The highest BCUT2D eigenvalue weighted by molar-refractivity contribution is 5.69. The number of nitrogens with zero attached hydrogens (tertiary/aromatic N) is 3. The summed E-state index contributed by atoms with van der Waals surface area (Å²) in [5, 5.41) is 0. The number of carbonyl (C=O) groups excluding carboxylic acids is 2.